The highest BCUT2D eigenvalue weighted by molar-refractivity contribution is 7.43. The van der Waals surface area contributed by atoms with Crippen LogP contribution < -0.4 is 13.6 Å². The molecule has 0 spiro atoms. The Kier molecular flexibility index (Phi) is 12.4. The Balaban J connectivity index is 1.56. The molecule has 328 valence electrons. The summed E-state index contributed by atoms with van der Waals surface area (Å²) >= 11 is 0. The molecule has 0 aliphatic rings. The van der Waals surface area contributed by atoms with Gasteiger partial charge < -0.3 is 13.6 Å². The molecule has 0 saturated carbocycles. The van der Waals surface area contributed by atoms with Crippen LogP contribution >= 0.6 is 8.60 Å². The summed E-state index contributed by atoms with van der Waals surface area (Å²) in [6, 6.07) is 35.2. The van der Waals surface area contributed by atoms with Gasteiger partial charge in [0, 0.05) is 22.3 Å². The molecular formula is C57H71O4P. The Morgan fingerprint density at radius 1 is 0.387 bits per heavy atom. The van der Waals surface area contributed by atoms with Gasteiger partial charge in [-0.05, 0) is 125 Å². The molecule has 0 amide bonds. The van der Waals surface area contributed by atoms with Crippen LogP contribution in [-0.4, -0.2) is 5.78 Å². The third-order valence-electron chi connectivity index (χ3n) is 11.7. The summed E-state index contributed by atoms with van der Waals surface area (Å²) in [4.78, 5) is 13.4. The number of hydrogen-bond donors (Lipinski definition) is 0. The molecule has 0 N–H and O–H groups in total. The minimum Gasteiger partial charge on any atom is -0.409 e. The van der Waals surface area contributed by atoms with Crippen molar-refractivity contribution < 1.29 is 18.4 Å². The van der Waals surface area contributed by atoms with Gasteiger partial charge in [0.1, 0.15) is 17.2 Å². The predicted molar refractivity (Wildman–Crippen MR) is 265 cm³/mol. The van der Waals surface area contributed by atoms with E-state index in [0.29, 0.717) is 16.9 Å². The molecule has 0 unspecified atom stereocenters. The minimum absolute atomic E-state index is 0.0195. The summed E-state index contributed by atoms with van der Waals surface area (Å²) < 4.78 is 21.2. The van der Waals surface area contributed by atoms with E-state index in [4.69, 9.17) is 13.6 Å². The van der Waals surface area contributed by atoms with Crippen LogP contribution in [0.3, 0.4) is 0 Å². The molecule has 0 bridgehead atoms. The number of hydrogen-bond acceptors (Lipinski definition) is 4. The Morgan fingerprint density at radius 3 is 1.11 bits per heavy atom. The SMILES string of the molecule is CC(C)(C)c1cc(C(C)(C)C)c2cc(OP(Oc3ccc(C(=O)c4ccccc4)cc3)Oc3cc4c(C(C)(C)C)cc(C(C)(C)C)cc4cc3C(C)(C)C)c(C(C)(C)C)cc2c1. The maximum atomic E-state index is 13.4. The largest absolute Gasteiger partial charge is 0.530 e. The van der Waals surface area contributed by atoms with E-state index in [0.717, 1.165) is 33.4 Å². The lowest BCUT2D eigenvalue weighted by molar-refractivity contribution is 0.103. The van der Waals surface area contributed by atoms with Crippen molar-refractivity contribution in [3.8, 4) is 17.2 Å². The minimum atomic E-state index is -2.11. The third kappa shape index (κ3) is 10.4. The molecule has 5 heteroatoms. The zero-order valence-corrected chi connectivity index (χ0v) is 41.8. The maximum absolute atomic E-state index is 13.4. The molecule has 0 atom stereocenters. The van der Waals surface area contributed by atoms with Gasteiger partial charge in [-0.2, -0.15) is 0 Å². The van der Waals surface area contributed by atoms with Crippen LogP contribution in [0.15, 0.2) is 103 Å². The first-order valence-electron chi connectivity index (χ1n) is 22.2. The van der Waals surface area contributed by atoms with Crippen LogP contribution in [0.1, 0.15) is 174 Å². The summed E-state index contributed by atoms with van der Waals surface area (Å²) in [5.74, 6) is 1.96. The third-order valence-corrected chi connectivity index (χ3v) is 12.8. The summed E-state index contributed by atoms with van der Waals surface area (Å²) in [5, 5.41) is 4.69. The van der Waals surface area contributed by atoms with Gasteiger partial charge >= 0.3 is 8.60 Å². The smallest absolute Gasteiger partial charge is 0.409 e. The number of fused-ring (bicyclic) bond motifs is 2. The fraction of sp³-hybridized carbons (Fsp3) is 0.421. The number of carbonyl (C=O) groups excluding carboxylic acids is 1. The summed E-state index contributed by atoms with van der Waals surface area (Å²) in [7, 11) is -2.11. The van der Waals surface area contributed by atoms with Gasteiger partial charge in [0.2, 0.25) is 0 Å². The van der Waals surface area contributed by atoms with Crippen molar-refractivity contribution in [2.75, 3.05) is 0 Å². The van der Waals surface area contributed by atoms with Crippen molar-refractivity contribution in [3.05, 3.63) is 148 Å². The van der Waals surface area contributed by atoms with Crippen molar-refractivity contribution in [3.63, 3.8) is 0 Å². The zero-order chi connectivity index (χ0) is 46.0. The second-order valence-corrected chi connectivity index (χ2v) is 24.4. The van der Waals surface area contributed by atoms with Crippen molar-refractivity contribution in [1.82, 2.24) is 0 Å². The maximum Gasteiger partial charge on any atom is 0.530 e. The van der Waals surface area contributed by atoms with Gasteiger partial charge in [-0.1, -0.05) is 179 Å². The van der Waals surface area contributed by atoms with Crippen molar-refractivity contribution >= 4 is 35.9 Å². The number of benzene rings is 6. The van der Waals surface area contributed by atoms with Crippen LogP contribution in [0.4, 0.5) is 0 Å². The molecule has 0 radical (unpaired) electrons. The topological polar surface area (TPSA) is 44.8 Å². The standard InChI is InChI=1S/C57H71O4P/c1-52(2,3)40-28-38-30-47(56(13,14)15)49(34-43(38)45(32-40)54(7,8)9)60-62(59-42-26-24-37(25-27-42)51(58)36-22-20-19-21-23-36)61-50-35-44-39(31-48(50)57(16,17)18)29-41(53(4,5)6)33-46(44)55(10,11)12/h19-35H,1-18H3. The van der Waals surface area contributed by atoms with E-state index >= 15 is 0 Å². The molecule has 62 heavy (non-hydrogen) atoms. The van der Waals surface area contributed by atoms with Gasteiger partial charge in [-0.3, -0.25) is 4.79 Å². The Labute approximate surface area is 374 Å². The van der Waals surface area contributed by atoms with Gasteiger partial charge in [0.05, 0.1) is 0 Å². The molecule has 4 nitrogen and oxygen atoms in total. The van der Waals surface area contributed by atoms with Gasteiger partial charge in [0.25, 0.3) is 0 Å². The normalized spacial score (nSPS) is 13.2. The van der Waals surface area contributed by atoms with Crippen molar-refractivity contribution in [1.29, 1.82) is 0 Å². The first kappa shape index (κ1) is 46.8. The zero-order valence-electron chi connectivity index (χ0n) is 40.9. The summed E-state index contributed by atoms with van der Waals surface area (Å²) in [6.45, 7) is 40.7. The number of carbonyl (C=O) groups is 1. The predicted octanol–water partition coefficient (Wildman–Crippen LogP) is 16.8. The van der Waals surface area contributed by atoms with E-state index in [1.165, 1.54) is 33.0 Å². The highest BCUT2D eigenvalue weighted by Gasteiger charge is 2.32. The molecule has 6 aromatic rings. The number of rotatable bonds is 8. The van der Waals surface area contributed by atoms with Gasteiger partial charge in [-0.25, -0.2) is 0 Å². The first-order chi connectivity index (χ1) is 28.4. The second-order valence-electron chi connectivity index (χ2n) is 23.4. The fourth-order valence-corrected chi connectivity index (χ4v) is 8.97. The average Bonchev–Trinajstić information content (AvgIpc) is 3.14. The van der Waals surface area contributed by atoms with Crippen LogP contribution in [0.5, 0.6) is 17.2 Å². The molecule has 0 saturated heterocycles. The second kappa shape index (κ2) is 16.5. The molecule has 6 rings (SSSR count). The molecule has 0 fully saturated rings. The van der Waals surface area contributed by atoms with Gasteiger partial charge in [-0.15, -0.1) is 0 Å². The van der Waals surface area contributed by atoms with Crippen LogP contribution in [0, 0.1) is 0 Å². The van der Waals surface area contributed by atoms with E-state index in [1.807, 2.05) is 54.6 Å². The highest BCUT2D eigenvalue weighted by atomic mass is 31.2. The van der Waals surface area contributed by atoms with Gasteiger partial charge in [0.15, 0.2) is 5.78 Å². The van der Waals surface area contributed by atoms with E-state index in [-0.39, 0.29) is 38.3 Å². The fourth-order valence-electron chi connectivity index (χ4n) is 7.94. The molecular weight excluding hydrogens is 780 g/mol. The molecule has 0 aromatic heterocycles. The lowest BCUT2D eigenvalue weighted by Gasteiger charge is -2.31. The summed E-state index contributed by atoms with van der Waals surface area (Å²) in [5.41, 5.74) is 7.68. The van der Waals surface area contributed by atoms with E-state index in [1.54, 1.807) is 0 Å². The van der Waals surface area contributed by atoms with Crippen molar-refractivity contribution in [2.45, 2.75) is 157 Å². The molecule has 0 heterocycles. The molecule has 0 aliphatic heterocycles. The Hall–Kier alpha value is -4.66. The Bertz CT molecular complexity index is 2460. The highest BCUT2D eigenvalue weighted by Crippen LogP contribution is 2.51. The first-order valence-corrected chi connectivity index (χ1v) is 23.3. The van der Waals surface area contributed by atoms with E-state index in [2.05, 4.69) is 173 Å². The molecule has 0 aliphatic carbocycles. The Morgan fingerprint density at radius 2 is 0.758 bits per heavy atom. The lowest BCUT2D eigenvalue weighted by Crippen LogP contribution is -2.19. The monoisotopic (exact) mass is 851 g/mol. The lowest BCUT2D eigenvalue weighted by atomic mass is 9.76. The average molecular weight is 851 g/mol. The summed E-state index contributed by atoms with van der Waals surface area (Å²) in [6.07, 6.45) is 0. The van der Waals surface area contributed by atoms with Crippen LogP contribution in [0.2, 0.25) is 0 Å². The number of ketones is 1. The van der Waals surface area contributed by atoms with E-state index < -0.39 is 8.60 Å². The van der Waals surface area contributed by atoms with E-state index in [9.17, 15) is 4.79 Å². The van der Waals surface area contributed by atoms with Crippen molar-refractivity contribution in [2.24, 2.45) is 0 Å². The van der Waals surface area contributed by atoms with Crippen LogP contribution in [-0.2, 0) is 32.5 Å². The van der Waals surface area contributed by atoms with Crippen LogP contribution in [0.25, 0.3) is 21.5 Å². The quantitative estimate of drug-likeness (QED) is 0.113. The molecule has 6 aromatic carbocycles.